The van der Waals surface area contributed by atoms with Gasteiger partial charge in [-0.3, -0.25) is 19.3 Å². The zero-order chi connectivity index (χ0) is 33.1. The second kappa shape index (κ2) is 11.7. The molecule has 11 heteroatoms. The lowest BCUT2D eigenvalue weighted by atomic mass is 9.57. The van der Waals surface area contributed by atoms with Gasteiger partial charge in [-0.25, -0.2) is 0 Å². The number of Topliss-reactive ketones (excluding diaryl/α,β-unsaturated/α-hetero) is 2. The normalized spacial score (nSPS) is 24.2. The first-order chi connectivity index (χ1) is 21.8. The van der Waals surface area contributed by atoms with E-state index < -0.39 is 58.0 Å². The van der Waals surface area contributed by atoms with E-state index in [0.29, 0.717) is 23.7 Å². The van der Waals surface area contributed by atoms with Gasteiger partial charge in [0.1, 0.15) is 22.8 Å². The minimum atomic E-state index is -2.67. The largest absolute Gasteiger partial charge is 0.508 e. The van der Waals surface area contributed by atoms with Crippen LogP contribution in [0.1, 0.15) is 28.7 Å². The number of fused-ring (bicyclic) bond motifs is 3. The monoisotopic (exact) mass is 643 g/mol. The maximum Gasteiger partial charge on any atom is 0.255 e. The van der Waals surface area contributed by atoms with Crippen LogP contribution in [0.4, 0.5) is 0 Å². The summed E-state index contributed by atoms with van der Waals surface area (Å²) in [6.45, 7) is 1.27. The number of ketones is 2. The first kappa shape index (κ1) is 31.5. The Morgan fingerprint density at radius 3 is 2.37 bits per heavy atom. The van der Waals surface area contributed by atoms with Crippen LogP contribution in [-0.4, -0.2) is 68.5 Å². The first-order valence-electron chi connectivity index (χ1n) is 14.9. The Hall–Kier alpha value is -4.48. The maximum absolute atomic E-state index is 14.0. The number of carbonyl (C=O) groups excluding carboxylic acids is 3. The number of rotatable bonds is 7. The number of nitrogens with zero attached hydrogens (tertiary/aromatic N) is 1. The van der Waals surface area contributed by atoms with Crippen molar-refractivity contribution in [2.45, 2.75) is 37.6 Å². The van der Waals surface area contributed by atoms with Gasteiger partial charge in [-0.05, 0) is 78.9 Å². The first-order valence-corrected chi connectivity index (χ1v) is 15.3. The second-order valence-corrected chi connectivity index (χ2v) is 12.8. The number of benzene rings is 3. The van der Waals surface area contributed by atoms with E-state index in [9.17, 15) is 34.8 Å². The number of aliphatic hydroxyl groups excluding tert-OH is 2. The predicted octanol–water partition coefficient (Wildman–Crippen LogP) is 3.57. The second-order valence-electron chi connectivity index (χ2n) is 12.4. The molecule has 3 aliphatic rings. The summed E-state index contributed by atoms with van der Waals surface area (Å²) in [4.78, 5) is 41.0. The van der Waals surface area contributed by atoms with Crippen molar-refractivity contribution in [1.82, 2.24) is 10.2 Å². The molecule has 10 nitrogen and oxygen atoms in total. The van der Waals surface area contributed by atoms with Crippen LogP contribution in [0.15, 0.2) is 77.6 Å². The molecule has 0 bridgehead atoms. The Morgan fingerprint density at radius 1 is 1.02 bits per heavy atom. The van der Waals surface area contributed by atoms with Gasteiger partial charge in [-0.15, -0.1) is 0 Å². The number of phenols is 1. The highest BCUT2D eigenvalue weighted by atomic mass is 35.5. The third kappa shape index (κ3) is 4.98. The third-order valence-electron chi connectivity index (χ3n) is 9.42. The fraction of sp³-hybridized carbons (Fsp3) is 0.286. The Balaban J connectivity index is 1.35. The van der Waals surface area contributed by atoms with Crippen LogP contribution in [0, 0.1) is 11.8 Å². The van der Waals surface area contributed by atoms with Crippen molar-refractivity contribution in [3.63, 3.8) is 0 Å². The SMILES string of the molecule is CN(C)[C@@H]1C(=O)C(C(N)=O)=C(O)[C@@]2(O)C(=O)C3=C(O)c4c(O)ccc(-c5ccc(CNCc6cccc(Cl)c6)cc5)c4C[C@H]3C[C@@H]12. The number of halogens is 1. The topological polar surface area (TPSA) is 173 Å². The molecule has 4 atom stereocenters. The number of nitrogens with one attached hydrogen (secondary N) is 1. The van der Waals surface area contributed by atoms with Gasteiger partial charge < -0.3 is 31.5 Å². The van der Waals surface area contributed by atoms with Gasteiger partial charge >= 0.3 is 0 Å². The van der Waals surface area contributed by atoms with Crippen LogP contribution in [0.25, 0.3) is 16.9 Å². The number of likely N-dealkylation sites (N-methyl/N-ethyl adjacent to an activating group) is 1. The molecule has 3 aromatic rings. The standard InChI is InChI=1S/C35H34ClN3O7/c1-39(2)29-24-14-20-13-23-22(19-8-6-17(7-9-19)15-38-16-18-4-3-5-21(36)12-18)10-11-25(40)27(23)30(41)26(20)32(43)35(24,46)33(44)28(31(29)42)34(37)45/h3-12,20,24,29,38,40-41,44,46H,13-16H2,1-2H3,(H2,37,45)/t20-,24-,29-,35-/m0/s1. The van der Waals surface area contributed by atoms with Crippen LogP contribution in [0.5, 0.6) is 5.75 Å². The number of aromatic hydroxyl groups is 1. The van der Waals surface area contributed by atoms with E-state index in [1.807, 2.05) is 48.5 Å². The molecule has 46 heavy (non-hydrogen) atoms. The molecular weight excluding hydrogens is 610 g/mol. The number of nitrogens with two attached hydrogens (primary N) is 1. The van der Waals surface area contributed by atoms with Crippen LogP contribution in [0.2, 0.25) is 5.02 Å². The van der Waals surface area contributed by atoms with Crippen LogP contribution in [0.3, 0.4) is 0 Å². The lowest BCUT2D eigenvalue weighted by Gasteiger charge is -2.50. The molecule has 0 unspecified atom stereocenters. The lowest BCUT2D eigenvalue weighted by molar-refractivity contribution is -0.153. The van der Waals surface area contributed by atoms with Crippen LogP contribution >= 0.6 is 11.6 Å². The van der Waals surface area contributed by atoms with Crippen LogP contribution < -0.4 is 11.1 Å². The van der Waals surface area contributed by atoms with E-state index in [0.717, 1.165) is 22.3 Å². The lowest BCUT2D eigenvalue weighted by Crippen LogP contribution is -2.65. The van der Waals surface area contributed by atoms with Gasteiger partial charge in [0.2, 0.25) is 5.78 Å². The summed E-state index contributed by atoms with van der Waals surface area (Å²) in [6, 6.07) is 17.5. The molecule has 6 rings (SSSR count). The number of hydrogen-bond donors (Lipinski definition) is 6. The van der Waals surface area contributed by atoms with Crippen molar-refractivity contribution < 1.29 is 34.8 Å². The fourth-order valence-corrected chi connectivity index (χ4v) is 7.53. The van der Waals surface area contributed by atoms with Crippen molar-refractivity contribution in [2.24, 2.45) is 17.6 Å². The Labute approximate surface area is 270 Å². The van der Waals surface area contributed by atoms with E-state index in [1.54, 1.807) is 20.2 Å². The molecule has 3 aliphatic carbocycles. The van der Waals surface area contributed by atoms with Gasteiger partial charge in [0.25, 0.3) is 5.91 Å². The number of carbonyl (C=O) groups is 3. The molecule has 0 saturated heterocycles. The smallest absolute Gasteiger partial charge is 0.255 e. The average Bonchev–Trinajstić information content (AvgIpc) is 2.99. The van der Waals surface area contributed by atoms with Gasteiger partial charge in [-0.1, -0.05) is 54.1 Å². The zero-order valence-electron chi connectivity index (χ0n) is 25.3. The summed E-state index contributed by atoms with van der Waals surface area (Å²) >= 11 is 6.08. The average molecular weight is 644 g/mol. The van der Waals surface area contributed by atoms with Gasteiger partial charge in [0, 0.05) is 29.6 Å². The number of amides is 1. The van der Waals surface area contributed by atoms with Gasteiger partial charge in [0.05, 0.1) is 11.6 Å². The number of hydrogen-bond acceptors (Lipinski definition) is 9. The van der Waals surface area contributed by atoms with E-state index in [2.05, 4.69) is 5.32 Å². The summed E-state index contributed by atoms with van der Waals surface area (Å²) < 4.78 is 0. The highest BCUT2D eigenvalue weighted by molar-refractivity contribution is 6.30. The van der Waals surface area contributed by atoms with Crippen molar-refractivity contribution in [2.75, 3.05) is 14.1 Å². The summed E-state index contributed by atoms with van der Waals surface area (Å²) in [5.74, 6) is -6.76. The highest BCUT2D eigenvalue weighted by Crippen LogP contribution is 2.53. The van der Waals surface area contributed by atoms with Crippen molar-refractivity contribution >= 4 is 34.8 Å². The summed E-state index contributed by atoms with van der Waals surface area (Å²) in [5.41, 5.74) is 6.05. The molecular formula is C35H34ClN3O7. The number of aliphatic hydroxyl groups is 3. The van der Waals surface area contributed by atoms with Gasteiger partial charge in [-0.2, -0.15) is 0 Å². The highest BCUT2D eigenvalue weighted by Gasteiger charge is 2.64. The van der Waals surface area contributed by atoms with E-state index >= 15 is 0 Å². The molecule has 0 spiro atoms. The van der Waals surface area contributed by atoms with E-state index in [4.69, 9.17) is 17.3 Å². The molecule has 0 radical (unpaired) electrons. The Bertz CT molecular complexity index is 1850. The quantitative estimate of drug-likeness (QED) is 0.210. The minimum absolute atomic E-state index is 0.0259. The predicted molar refractivity (Wildman–Crippen MR) is 172 cm³/mol. The molecule has 1 fully saturated rings. The number of primary amides is 1. The Morgan fingerprint density at radius 2 is 1.72 bits per heavy atom. The number of phenolic OH excluding ortho intramolecular Hbond substituents is 1. The molecule has 7 N–H and O–H groups in total. The summed E-state index contributed by atoms with van der Waals surface area (Å²) in [5, 5.41) is 49.3. The molecule has 0 heterocycles. The van der Waals surface area contributed by atoms with Crippen molar-refractivity contribution in [3.8, 4) is 16.9 Å². The zero-order valence-corrected chi connectivity index (χ0v) is 26.0. The van der Waals surface area contributed by atoms with Gasteiger partial charge in [0.15, 0.2) is 11.4 Å². The molecule has 0 aromatic heterocycles. The van der Waals surface area contributed by atoms with Crippen molar-refractivity contribution in [1.29, 1.82) is 0 Å². The maximum atomic E-state index is 14.0. The van der Waals surface area contributed by atoms with Crippen LogP contribution in [-0.2, 0) is 33.9 Å². The fourth-order valence-electron chi connectivity index (χ4n) is 7.31. The molecule has 238 valence electrons. The minimum Gasteiger partial charge on any atom is -0.508 e. The molecule has 1 amide bonds. The van der Waals surface area contributed by atoms with E-state index in [-0.39, 0.29) is 29.7 Å². The van der Waals surface area contributed by atoms with Crippen molar-refractivity contribution in [3.05, 3.63) is 105 Å². The molecule has 1 saturated carbocycles. The molecule has 3 aromatic carbocycles. The Kier molecular flexibility index (Phi) is 8.02. The summed E-state index contributed by atoms with van der Waals surface area (Å²) in [6.07, 6.45) is 0.235. The third-order valence-corrected chi connectivity index (χ3v) is 9.65. The van der Waals surface area contributed by atoms with E-state index in [1.165, 1.54) is 11.0 Å². The molecule has 0 aliphatic heterocycles. The summed E-state index contributed by atoms with van der Waals surface area (Å²) in [7, 11) is 3.14.